The van der Waals surface area contributed by atoms with E-state index < -0.39 is 47.9 Å². The van der Waals surface area contributed by atoms with Crippen LogP contribution >= 0.6 is 0 Å². The van der Waals surface area contributed by atoms with E-state index in [2.05, 4.69) is 0 Å². The number of cyclic esters (lactones) is 1. The van der Waals surface area contributed by atoms with E-state index in [4.69, 9.17) is 9.47 Å². The van der Waals surface area contributed by atoms with Gasteiger partial charge in [-0.15, -0.1) is 0 Å². The van der Waals surface area contributed by atoms with E-state index >= 15 is 0 Å². The van der Waals surface area contributed by atoms with Gasteiger partial charge in [-0.2, -0.15) is 0 Å². The summed E-state index contributed by atoms with van der Waals surface area (Å²) in [4.78, 5) is 40.8. The van der Waals surface area contributed by atoms with E-state index in [0.717, 1.165) is 10.5 Å². The molecular formula is C29H38N2O6. The summed E-state index contributed by atoms with van der Waals surface area (Å²) in [7, 11) is 0. The molecule has 2 aromatic carbocycles. The standard InChI is InChI=1S/C23H32N2O6.C6H6/c1-15-14-25(21(28)30-15)20(27)17(13-16-9-6-5-7-10-16)19(26)18-11-8-12-24(18)22(29)31-23(2,3)4;1-2-4-6-5-3-1/h5-7,9-10,15,17-19,26H,8,11-14H2,1-4H3;1-6H/t15-,17?,18?,19?;/m1./s1. The minimum Gasteiger partial charge on any atom is -0.444 e. The number of rotatable bonds is 5. The topological polar surface area (TPSA) is 96.4 Å². The molecule has 0 aliphatic carbocycles. The molecule has 8 heteroatoms. The molecule has 200 valence electrons. The van der Waals surface area contributed by atoms with Gasteiger partial charge in [0.25, 0.3) is 0 Å². The van der Waals surface area contributed by atoms with E-state index in [1.54, 1.807) is 27.7 Å². The van der Waals surface area contributed by atoms with Gasteiger partial charge in [0.2, 0.25) is 5.91 Å². The summed E-state index contributed by atoms with van der Waals surface area (Å²) in [5.74, 6) is -1.38. The third-order valence-corrected chi connectivity index (χ3v) is 6.24. The molecular weight excluding hydrogens is 472 g/mol. The number of nitrogens with zero attached hydrogens (tertiary/aromatic N) is 2. The van der Waals surface area contributed by atoms with E-state index in [1.165, 1.54) is 4.90 Å². The Hall–Kier alpha value is -3.39. The summed E-state index contributed by atoms with van der Waals surface area (Å²) >= 11 is 0. The molecule has 2 aromatic rings. The zero-order valence-electron chi connectivity index (χ0n) is 22.1. The minimum atomic E-state index is -1.15. The number of aliphatic hydroxyl groups excluding tert-OH is 1. The summed E-state index contributed by atoms with van der Waals surface area (Å²) in [5.41, 5.74) is 0.200. The van der Waals surface area contributed by atoms with Crippen molar-refractivity contribution in [1.82, 2.24) is 9.80 Å². The second-order valence-corrected chi connectivity index (χ2v) is 10.5. The van der Waals surface area contributed by atoms with Crippen LogP contribution in [0.4, 0.5) is 9.59 Å². The third-order valence-electron chi connectivity index (χ3n) is 6.24. The molecule has 2 saturated heterocycles. The van der Waals surface area contributed by atoms with Crippen LogP contribution in [0.1, 0.15) is 46.1 Å². The van der Waals surface area contributed by atoms with Crippen LogP contribution in [0.2, 0.25) is 0 Å². The first-order chi connectivity index (χ1) is 17.6. The van der Waals surface area contributed by atoms with Crippen LogP contribution in [0, 0.1) is 5.92 Å². The summed E-state index contributed by atoms with van der Waals surface area (Å²) in [6.45, 7) is 7.67. The lowest BCUT2D eigenvalue weighted by Crippen LogP contribution is -2.52. The van der Waals surface area contributed by atoms with Crippen molar-refractivity contribution in [2.24, 2.45) is 5.92 Å². The highest BCUT2D eigenvalue weighted by atomic mass is 16.6. The summed E-state index contributed by atoms with van der Waals surface area (Å²) in [6, 6.07) is 20.8. The average Bonchev–Trinajstić information content (AvgIpc) is 3.49. The smallest absolute Gasteiger partial charge is 0.416 e. The molecule has 8 nitrogen and oxygen atoms in total. The Kier molecular flexibility index (Phi) is 9.69. The number of imide groups is 1. The fraction of sp³-hybridized carbons (Fsp3) is 0.483. The van der Waals surface area contributed by atoms with E-state index in [-0.39, 0.29) is 13.0 Å². The zero-order chi connectivity index (χ0) is 27.0. The van der Waals surface area contributed by atoms with Crippen molar-refractivity contribution in [3.8, 4) is 0 Å². The van der Waals surface area contributed by atoms with Crippen molar-refractivity contribution in [3.63, 3.8) is 0 Å². The maximum atomic E-state index is 13.3. The summed E-state index contributed by atoms with van der Waals surface area (Å²) in [5, 5.41) is 11.3. The Morgan fingerprint density at radius 2 is 1.62 bits per heavy atom. The highest BCUT2D eigenvalue weighted by molar-refractivity contribution is 5.95. The van der Waals surface area contributed by atoms with Gasteiger partial charge in [0.1, 0.15) is 11.7 Å². The Morgan fingerprint density at radius 3 is 2.14 bits per heavy atom. The number of aliphatic hydroxyl groups is 1. The second-order valence-electron chi connectivity index (χ2n) is 10.5. The highest BCUT2D eigenvalue weighted by Crippen LogP contribution is 2.30. The fourth-order valence-corrected chi connectivity index (χ4v) is 4.55. The summed E-state index contributed by atoms with van der Waals surface area (Å²) < 4.78 is 10.6. The molecule has 3 unspecified atom stereocenters. The minimum absolute atomic E-state index is 0.149. The highest BCUT2D eigenvalue weighted by Gasteiger charge is 2.45. The van der Waals surface area contributed by atoms with Crippen molar-refractivity contribution < 1.29 is 29.0 Å². The van der Waals surface area contributed by atoms with Crippen molar-refractivity contribution in [2.75, 3.05) is 13.1 Å². The van der Waals surface area contributed by atoms with Crippen LogP contribution in [0.5, 0.6) is 0 Å². The quantitative estimate of drug-likeness (QED) is 0.629. The number of hydrogen-bond acceptors (Lipinski definition) is 6. The molecule has 2 aliphatic rings. The van der Waals surface area contributed by atoms with Gasteiger partial charge in [-0.1, -0.05) is 66.7 Å². The zero-order valence-corrected chi connectivity index (χ0v) is 22.1. The van der Waals surface area contributed by atoms with Gasteiger partial charge >= 0.3 is 12.2 Å². The first-order valence-corrected chi connectivity index (χ1v) is 12.8. The molecule has 0 saturated carbocycles. The van der Waals surface area contributed by atoms with Crippen LogP contribution in [0.3, 0.4) is 0 Å². The number of carbonyl (C=O) groups excluding carboxylic acids is 3. The number of carbonyl (C=O) groups is 3. The van der Waals surface area contributed by atoms with Crippen LogP contribution in [0.25, 0.3) is 0 Å². The molecule has 2 aliphatic heterocycles. The van der Waals surface area contributed by atoms with Gasteiger partial charge in [-0.25, -0.2) is 14.5 Å². The SMILES string of the molecule is C[C@@H]1CN(C(=O)C(Cc2ccccc2)C(O)C2CCCN2C(=O)OC(C)(C)C)C(=O)O1.c1ccccc1. The molecule has 0 spiro atoms. The van der Waals surface area contributed by atoms with E-state index in [1.807, 2.05) is 66.7 Å². The molecule has 0 aromatic heterocycles. The van der Waals surface area contributed by atoms with Gasteiger partial charge in [-0.3, -0.25) is 4.79 Å². The molecule has 0 bridgehead atoms. The molecule has 1 N–H and O–H groups in total. The van der Waals surface area contributed by atoms with Crippen molar-refractivity contribution in [1.29, 1.82) is 0 Å². The summed E-state index contributed by atoms with van der Waals surface area (Å²) in [6.07, 6.45) is -1.23. The van der Waals surface area contributed by atoms with Crippen molar-refractivity contribution >= 4 is 18.1 Å². The van der Waals surface area contributed by atoms with Crippen molar-refractivity contribution in [2.45, 2.75) is 70.8 Å². The number of likely N-dealkylation sites (tertiary alicyclic amines) is 1. The Bertz CT molecular complexity index is 997. The molecule has 0 radical (unpaired) electrons. The van der Waals surface area contributed by atoms with Gasteiger partial charge in [-0.05, 0) is 52.5 Å². The predicted molar refractivity (Wildman–Crippen MR) is 140 cm³/mol. The van der Waals surface area contributed by atoms with E-state index in [0.29, 0.717) is 19.4 Å². The molecule has 4 rings (SSSR count). The van der Waals surface area contributed by atoms with Crippen molar-refractivity contribution in [3.05, 3.63) is 72.3 Å². The predicted octanol–water partition coefficient (Wildman–Crippen LogP) is 4.66. The largest absolute Gasteiger partial charge is 0.444 e. The molecule has 37 heavy (non-hydrogen) atoms. The first kappa shape index (κ1) is 28.2. The first-order valence-electron chi connectivity index (χ1n) is 12.8. The van der Waals surface area contributed by atoms with Crippen LogP contribution in [-0.2, 0) is 20.7 Å². The lowest BCUT2D eigenvalue weighted by atomic mass is 9.87. The van der Waals surface area contributed by atoms with Crippen LogP contribution < -0.4 is 0 Å². The number of ether oxygens (including phenoxy) is 2. The molecule has 3 amide bonds. The maximum Gasteiger partial charge on any atom is 0.416 e. The Labute approximate surface area is 219 Å². The Morgan fingerprint density at radius 1 is 1.05 bits per heavy atom. The molecule has 2 heterocycles. The Balaban J connectivity index is 0.000000555. The normalized spacial score (nSPS) is 20.9. The second kappa shape index (κ2) is 12.7. The number of hydrogen-bond donors (Lipinski definition) is 1. The molecule has 4 atom stereocenters. The lowest BCUT2D eigenvalue weighted by Gasteiger charge is -2.34. The maximum absolute atomic E-state index is 13.3. The van der Waals surface area contributed by atoms with Gasteiger partial charge in [0.05, 0.1) is 24.6 Å². The number of benzene rings is 2. The van der Waals surface area contributed by atoms with Crippen LogP contribution in [-0.4, -0.2) is 69.9 Å². The lowest BCUT2D eigenvalue weighted by molar-refractivity contribution is -0.137. The average molecular weight is 511 g/mol. The molecule has 2 fully saturated rings. The monoisotopic (exact) mass is 510 g/mol. The van der Waals surface area contributed by atoms with E-state index in [9.17, 15) is 19.5 Å². The van der Waals surface area contributed by atoms with Crippen LogP contribution in [0.15, 0.2) is 66.7 Å². The van der Waals surface area contributed by atoms with Gasteiger partial charge in [0.15, 0.2) is 0 Å². The number of amides is 3. The third kappa shape index (κ3) is 8.05. The van der Waals surface area contributed by atoms with Gasteiger partial charge < -0.3 is 19.5 Å². The fourth-order valence-electron chi connectivity index (χ4n) is 4.55. The van der Waals surface area contributed by atoms with Gasteiger partial charge in [0, 0.05) is 6.54 Å².